The summed E-state index contributed by atoms with van der Waals surface area (Å²) in [6.45, 7) is 1.96. The third-order valence-corrected chi connectivity index (χ3v) is 4.05. The van der Waals surface area contributed by atoms with E-state index in [-0.39, 0.29) is 17.5 Å². The maximum atomic E-state index is 12.2. The SMILES string of the molecule is CCC(NC(=O)C=C=C1C=[N+](C)C(=O)N(C)C1=O)c1ccc(OC)cc1. The largest absolute Gasteiger partial charge is 0.500 e. The Morgan fingerprint density at radius 1 is 1.35 bits per heavy atom. The molecule has 0 fully saturated rings. The molecule has 0 saturated carbocycles. The summed E-state index contributed by atoms with van der Waals surface area (Å²) in [5.74, 6) is -0.128. The van der Waals surface area contributed by atoms with Crippen LogP contribution in [-0.4, -0.2) is 54.7 Å². The van der Waals surface area contributed by atoms with Crippen molar-refractivity contribution in [2.24, 2.45) is 0 Å². The van der Waals surface area contributed by atoms with Gasteiger partial charge < -0.3 is 10.1 Å². The van der Waals surface area contributed by atoms with Gasteiger partial charge in [0.2, 0.25) is 0 Å². The summed E-state index contributed by atoms with van der Waals surface area (Å²) in [5.41, 5.74) is 3.76. The van der Waals surface area contributed by atoms with Gasteiger partial charge in [0.25, 0.3) is 5.91 Å². The number of nitrogens with zero attached hydrogens (tertiary/aromatic N) is 2. The van der Waals surface area contributed by atoms with Crippen molar-refractivity contribution in [3.05, 3.63) is 47.2 Å². The lowest BCUT2D eigenvalue weighted by Gasteiger charge is -2.16. The minimum Gasteiger partial charge on any atom is -0.497 e. The summed E-state index contributed by atoms with van der Waals surface area (Å²) in [7, 11) is 4.51. The third-order valence-electron chi connectivity index (χ3n) is 4.05. The van der Waals surface area contributed by atoms with E-state index in [9.17, 15) is 14.4 Å². The molecule has 0 spiro atoms. The van der Waals surface area contributed by atoms with Crippen molar-refractivity contribution in [3.8, 4) is 5.75 Å². The van der Waals surface area contributed by atoms with Crippen molar-refractivity contribution >= 4 is 24.1 Å². The fraction of sp³-hybridized carbons (Fsp3) is 0.316. The Kier molecular flexibility index (Phi) is 6.09. The zero-order valence-corrected chi connectivity index (χ0v) is 15.3. The number of carbonyl (C=O) groups excluding carboxylic acids is 3. The van der Waals surface area contributed by atoms with E-state index in [1.807, 2.05) is 31.2 Å². The Balaban J connectivity index is 2.16. The van der Waals surface area contributed by atoms with E-state index in [0.29, 0.717) is 6.42 Å². The number of hydrogen-bond acceptors (Lipinski definition) is 4. The molecule has 1 aliphatic heterocycles. The Hall–Kier alpha value is -3.18. The van der Waals surface area contributed by atoms with Crippen LogP contribution in [0.3, 0.4) is 0 Å². The average molecular weight is 356 g/mol. The Morgan fingerprint density at radius 3 is 2.58 bits per heavy atom. The molecule has 0 saturated heterocycles. The maximum Gasteiger partial charge on any atom is 0.500 e. The second kappa shape index (κ2) is 8.27. The standard InChI is InChI=1S/C19H21N3O4/c1-5-16(13-6-9-15(26-4)10-7-13)20-17(23)11-8-14-12-21(2)19(25)22(3)18(14)24/h6-7,9-12,16H,5H2,1-4H3/p+1. The van der Waals surface area contributed by atoms with Gasteiger partial charge in [-0.25, -0.2) is 4.79 Å². The molecule has 1 heterocycles. The van der Waals surface area contributed by atoms with Gasteiger partial charge in [-0.2, -0.15) is 14.3 Å². The Labute approximate surface area is 152 Å². The van der Waals surface area contributed by atoms with Gasteiger partial charge in [0.05, 0.1) is 27.2 Å². The monoisotopic (exact) mass is 356 g/mol. The summed E-state index contributed by atoms with van der Waals surface area (Å²) in [6.07, 6.45) is 3.23. The first-order chi connectivity index (χ1) is 12.4. The van der Waals surface area contributed by atoms with Crippen LogP contribution in [0.25, 0.3) is 0 Å². The molecular formula is C19H22N3O4+. The lowest BCUT2D eigenvalue weighted by Crippen LogP contribution is -2.44. The lowest BCUT2D eigenvalue weighted by molar-refractivity contribution is -0.397. The van der Waals surface area contributed by atoms with Gasteiger partial charge >= 0.3 is 11.9 Å². The number of imide groups is 1. The van der Waals surface area contributed by atoms with Crippen molar-refractivity contribution in [1.29, 1.82) is 0 Å². The zero-order chi connectivity index (χ0) is 19.3. The van der Waals surface area contributed by atoms with Crippen LogP contribution in [0.15, 0.2) is 41.6 Å². The highest BCUT2D eigenvalue weighted by Gasteiger charge is 2.34. The summed E-state index contributed by atoms with van der Waals surface area (Å²) >= 11 is 0. The van der Waals surface area contributed by atoms with Gasteiger partial charge in [-0.05, 0) is 24.1 Å². The number of ether oxygens (including phenoxy) is 1. The molecule has 7 heteroatoms. The molecule has 0 radical (unpaired) electrons. The van der Waals surface area contributed by atoms with E-state index in [1.54, 1.807) is 7.11 Å². The first-order valence-corrected chi connectivity index (χ1v) is 8.18. The number of hydrogen-bond donors (Lipinski definition) is 1. The summed E-state index contributed by atoms with van der Waals surface area (Å²) in [4.78, 5) is 36.9. The highest BCUT2D eigenvalue weighted by atomic mass is 16.5. The van der Waals surface area contributed by atoms with Crippen molar-refractivity contribution in [2.45, 2.75) is 19.4 Å². The molecule has 1 unspecified atom stereocenters. The van der Waals surface area contributed by atoms with E-state index >= 15 is 0 Å². The Bertz CT molecular complexity index is 818. The van der Waals surface area contributed by atoms with E-state index < -0.39 is 11.9 Å². The normalized spacial score (nSPS) is 15.2. The topological polar surface area (TPSA) is 78.7 Å². The van der Waals surface area contributed by atoms with Crippen molar-refractivity contribution in [3.63, 3.8) is 0 Å². The van der Waals surface area contributed by atoms with Crippen LogP contribution in [0.5, 0.6) is 5.75 Å². The second-order valence-electron chi connectivity index (χ2n) is 5.83. The van der Waals surface area contributed by atoms with Crippen LogP contribution >= 0.6 is 0 Å². The van der Waals surface area contributed by atoms with Crippen LogP contribution < -0.4 is 10.1 Å². The molecule has 1 N–H and O–H groups in total. The zero-order valence-electron chi connectivity index (χ0n) is 15.3. The van der Waals surface area contributed by atoms with Crippen molar-refractivity contribution < 1.29 is 23.7 Å². The first-order valence-electron chi connectivity index (χ1n) is 8.18. The summed E-state index contributed by atoms with van der Waals surface area (Å²) in [6, 6.07) is 6.85. The average Bonchev–Trinajstić information content (AvgIpc) is 2.66. The molecule has 7 nitrogen and oxygen atoms in total. The molecule has 1 atom stereocenters. The number of amides is 4. The van der Waals surface area contributed by atoms with Gasteiger partial charge in [-0.3, -0.25) is 4.79 Å². The van der Waals surface area contributed by atoms with Crippen LogP contribution in [0, 0.1) is 0 Å². The van der Waals surface area contributed by atoms with Crippen LogP contribution in [0.4, 0.5) is 4.79 Å². The predicted octanol–water partition coefficient (Wildman–Crippen LogP) is 1.65. The molecule has 0 bridgehead atoms. The Morgan fingerprint density at radius 2 is 2.00 bits per heavy atom. The number of rotatable bonds is 5. The van der Waals surface area contributed by atoms with Gasteiger partial charge in [0.15, 0.2) is 0 Å². The van der Waals surface area contributed by atoms with Crippen LogP contribution in [-0.2, 0) is 9.59 Å². The van der Waals surface area contributed by atoms with Gasteiger partial charge in [0.1, 0.15) is 17.5 Å². The maximum absolute atomic E-state index is 12.2. The molecule has 26 heavy (non-hydrogen) atoms. The highest BCUT2D eigenvalue weighted by molar-refractivity contribution is 6.17. The molecule has 2 rings (SSSR count). The number of likely N-dealkylation sites (N-methyl/N-ethyl adjacent to an activating group) is 1. The second-order valence-corrected chi connectivity index (χ2v) is 5.83. The first kappa shape index (κ1) is 19.1. The molecule has 136 valence electrons. The third kappa shape index (κ3) is 4.26. The van der Waals surface area contributed by atoms with Crippen LogP contribution in [0.1, 0.15) is 24.9 Å². The summed E-state index contributed by atoms with van der Waals surface area (Å²) in [5, 5.41) is 2.88. The number of benzene rings is 1. The van der Waals surface area contributed by atoms with Crippen molar-refractivity contribution in [1.82, 2.24) is 10.2 Å². The molecule has 4 amide bonds. The van der Waals surface area contributed by atoms with E-state index in [2.05, 4.69) is 11.0 Å². The van der Waals surface area contributed by atoms with Crippen LogP contribution in [0.2, 0.25) is 0 Å². The fourth-order valence-corrected chi connectivity index (χ4v) is 2.52. The molecule has 0 aliphatic carbocycles. The molecular weight excluding hydrogens is 334 g/mol. The quantitative estimate of drug-likeness (QED) is 0.494. The molecule has 1 aliphatic rings. The molecule has 0 aromatic heterocycles. The fourth-order valence-electron chi connectivity index (χ4n) is 2.52. The van der Waals surface area contributed by atoms with E-state index in [4.69, 9.17) is 4.74 Å². The molecule has 1 aromatic rings. The van der Waals surface area contributed by atoms with Gasteiger partial charge in [-0.1, -0.05) is 24.8 Å². The molecule has 1 aromatic carbocycles. The van der Waals surface area contributed by atoms with Gasteiger partial charge in [0, 0.05) is 6.08 Å². The van der Waals surface area contributed by atoms with E-state index in [1.165, 1.54) is 31.0 Å². The van der Waals surface area contributed by atoms with Gasteiger partial charge in [-0.15, -0.1) is 0 Å². The number of urea groups is 1. The minimum absolute atomic E-state index is 0.141. The highest BCUT2D eigenvalue weighted by Crippen LogP contribution is 2.20. The number of carbonyl (C=O) groups is 3. The summed E-state index contributed by atoms with van der Waals surface area (Å²) < 4.78 is 6.40. The predicted molar refractivity (Wildman–Crippen MR) is 96.2 cm³/mol. The minimum atomic E-state index is -0.501. The number of nitrogens with one attached hydrogen (secondary N) is 1. The van der Waals surface area contributed by atoms with Crippen molar-refractivity contribution in [2.75, 3.05) is 21.2 Å². The van der Waals surface area contributed by atoms with E-state index in [0.717, 1.165) is 16.2 Å². The smallest absolute Gasteiger partial charge is 0.497 e. The lowest BCUT2D eigenvalue weighted by atomic mass is 10.0. The number of methoxy groups -OCH3 is 1.